The maximum absolute atomic E-state index is 13.0. The van der Waals surface area contributed by atoms with Crippen LogP contribution in [0.1, 0.15) is 5.56 Å². The van der Waals surface area contributed by atoms with E-state index in [1.54, 1.807) is 6.07 Å². The molecule has 0 spiro atoms. The van der Waals surface area contributed by atoms with Gasteiger partial charge in [-0.15, -0.1) is 0 Å². The number of nitrogens with zero attached hydrogens (tertiary/aromatic N) is 1. The molecule has 0 saturated heterocycles. The van der Waals surface area contributed by atoms with Gasteiger partial charge in [0.1, 0.15) is 11.6 Å². The first-order chi connectivity index (χ1) is 10.0. The molecule has 1 N–H and O–H groups in total. The van der Waals surface area contributed by atoms with E-state index in [0.29, 0.717) is 17.0 Å². The molecule has 2 aromatic carbocycles. The van der Waals surface area contributed by atoms with Gasteiger partial charge in [0.2, 0.25) is 0 Å². The third-order valence-corrected chi connectivity index (χ3v) is 3.23. The normalized spacial score (nSPS) is 10.2. The standard InChI is InChI=1S/C14H12ClFN2O3/c1-21-14-5-4-11(18(19)20)7-13(14)17-8-9-2-3-10(16)6-12(9)15/h2-7,17H,8H2,1H3. The fourth-order valence-corrected chi connectivity index (χ4v) is 2.04. The number of benzene rings is 2. The molecule has 2 aromatic rings. The van der Waals surface area contributed by atoms with Gasteiger partial charge in [0.25, 0.3) is 5.69 Å². The lowest BCUT2D eigenvalue weighted by Gasteiger charge is -2.12. The van der Waals surface area contributed by atoms with E-state index in [1.165, 1.54) is 37.4 Å². The van der Waals surface area contributed by atoms with Crippen LogP contribution in [0.3, 0.4) is 0 Å². The third-order valence-electron chi connectivity index (χ3n) is 2.88. The maximum Gasteiger partial charge on any atom is 0.271 e. The van der Waals surface area contributed by atoms with Crippen LogP contribution in [0.5, 0.6) is 5.75 Å². The van der Waals surface area contributed by atoms with Gasteiger partial charge in [0, 0.05) is 23.7 Å². The largest absolute Gasteiger partial charge is 0.495 e. The second-order valence-electron chi connectivity index (χ2n) is 4.23. The topological polar surface area (TPSA) is 64.4 Å². The number of non-ortho nitro benzene ring substituents is 1. The Balaban J connectivity index is 2.22. The van der Waals surface area contributed by atoms with Crippen molar-refractivity contribution in [1.82, 2.24) is 0 Å². The monoisotopic (exact) mass is 310 g/mol. The molecule has 0 amide bonds. The Hall–Kier alpha value is -2.34. The molecule has 0 fully saturated rings. The first kappa shape index (κ1) is 15.1. The summed E-state index contributed by atoms with van der Waals surface area (Å²) in [6.45, 7) is 0.288. The van der Waals surface area contributed by atoms with Crippen LogP contribution in [0.25, 0.3) is 0 Å². The number of methoxy groups -OCH3 is 1. The molecule has 0 radical (unpaired) electrons. The average Bonchev–Trinajstić information content (AvgIpc) is 2.46. The van der Waals surface area contributed by atoms with E-state index in [1.807, 2.05) is 0 Å². The Morgan fingerprint density at radius 3 is 2.71 bits per heavy atom. The molecule has 2 rings (SSSR count). The van der Waals surface area contributed by atoms with Crippen molar-refractivity contribution in [2.45, 2.75) is 6.54 Å². The van der Waals surface area contributed by atoms with Crippen LogP contribution in [0, 0.1) is 15.9 Å². The van der Waals surface area contributed by atoms with Crippen LogP contribution in [0.2, 0.25) is 5.02 Å². The minimum atomic E-state index is -0.491. The van der Waals surface area contributed by atoms with Crippen LogP contribution < -0.4 is 10.1 Å². The lowest BCUT2D eigenvalue weighted by atomic mass is 10.2. The first-order valence-corrected chi connectivity index (χ1v) is 6.39. The van der Waals surface area contributed by atoms with Crippen molar-refractivity contribution in [2.75, 3.05) is 12.4 Å². The summed E-state index contributed by atoms with van der Waals surface area (Å²) in [7, 11) is 1.47. The van der Waals surface area contributed by atoms with Crippen molar-refractivity contribution in [1.29, 1.82) is 0 Å². The maximum atomic E-state index is 13.0. The van der Waals surface area contributed by atoms with Gasteiger partial charge in [-0.3, -0.25) is 10.1 Å². The van der Waals surface area contributed by atoms with E-state index in [4.69, 9.17) is 16.3 Å². The Morgan fingerprint density at radius 1 is 1.33 bits per heavy atom. The van der Waals surface area contributed by atoms with Gasteiger partial charge >= 0.3 is 0 Å². The Labute approximate surface area is 125 Å². The molecule has 0 unspecified atom stereocenters. The second-order valence-corrected chi connectivity index (χ2v) is 4.64. The third kappa shape index (κ3) is 3.61. The van der Waals surface area contributed by atoms with Crippen molar-refractivity contribution < 1.29 is 14.1 Å². The molecule has 0 aliphatic carbocycles. The second kappa shape index (κ2) is 6.41. The summed E-state index contributed by atoms with van der Waals surface area (Å²) < 4.78 is 18.1. The number of ether oxygens (including phenoxy) is 1. The van der Waals surface area contributed by atoms with Crippen LogP contribution in [-0.2, 0) is 6.54 Å². The van der Waals surface area contributed by atoms with Crippen molar-refractivity contribution in [3.63, 3.8) is 0 Å². The summed E-state index contributed by atoms with van der Waals surface area (Å²) in [6.07, 6.45) is 0. The summed E-state index contributed by atoms with van der Waals surface area (Å²) in [6, 6.07) is 8.29. The van der Waals surface area contributed by atoms with Crippen LogP contribution in [0.4, 0.5) is 15.8 Å². The Bertz CT molecular complexity index is 679. The predicted octanol–water partition coefficient (Wildman–Crippen LogP) is 4.01. The fourth-order valence-electron chi connectivity index (χ4n) is 1.80. The highest BCUT2D eigenvalue weighted by atomic mass is 35.5. The highest BCUT2D eigenvalue weighted by Crippen LogP contribution is 2.29. The first-order valence-electron chi connectivity index (χ1n) is 6.01. The van der Waals surface area contributed by atoms with Gasteiger partial charge in [0.15, 0.2) is 0 Å². The number of anilines is 1. The number of nitro groups is 1. The lowest BCUT2D eigenvalue weighted by molar-refractivity contribution is -0.384. The highest BCUT2D eigenvalue weighted by molar-refractivity contribution is 6.31. The molecule has 0 atom stereocenters. The van der Waals surface area contributed by atoms with Gasteiger partial charge in [-0.1, -0.05) is 17.7 Å². The number of hydrogen-bond donors (Lipinski definition) is 1. The summed E-state index contributed by atoms with van der Waals surface area (Å²) in [4.78, 5) is 10.3. The van der Waals surface area contributed by atoms with Gasteiger partial charge in [-0.25, -0.2) is 4.39 Å². The molecule has 0 aliphatic heterocycles. The predicted molar refractivity (Wildman–Crippen MR) is 78.4 cm³/mol. The van der Waals surface area contributed by atoms with Crippen molar-refractivity contribution in [2.24, 2.45) is 0 Å². The van der Waals surface area contributed by atoms with Crippen LogP contribution in [-0.4, -0.2) is 12.0 Å². The number of halogens is 2. The summed E-state index contributed by atoms with van der Waals surface area (Å²) in [5, 5.41) is 14.1. The van der Waals surface area contributed by atoms with Crippen LogP contribution >= 0.6 is 11.6 Å². The van der Waals surface area contributed by atoms with E-state index in [9.17, 15) is 14.5 Å². The zero-order valence-electron chi connectivity index (χ0n) is 11.1. The minimum absolute atomic E-state index is 0.0523. The van der Waals surface area contributed by atoms with Gasteiger partial charge < -0.3 is 10.1 Å². The number of nitrogens with one attached hydrogen (secondary N) is 1. The Morgan fingerprint density at radius 2 is 2.10 bits per heavy atom. The van der Waals surface area contributed by atoms with E-state index < -0.39 is 10.7 Å². The van der Waals surface area contributed by atoms with E-state index in [0.717, 1.165) is 0 Å². The molecular formula is C14H12ClFN2O3. The van der Waals surface area contributed by atoms with Crippen molar-refractivity contribution in [3.05, 3.63) is 62.9 Å². The quantitative estimate of drug-likeness (QED) is 0.669. The highest BCUT2D eigenvalue weighted by Gasteiger charge is 2.11. The number of rotatable bonds is 5. The van der Waals surface area contributed by atoms with E-state index >= 15 is 0 Å². The number of hydrogen-bond acceptors (Lipinski definition) is 4. The summed E-state index contributed by atoms with van der Waals surface area (Å²) in [5.74, 6) is 0.0514. The molecule has 0 aliphatic rings. The molecular weight excluding hydrogens is 299 g/mol. The molecule has 110 valence electrons. The molecule has 0 saturated carbocycles. The van der Waals surface area contributed by atoms with Gasteiger partial charge in [-0.2, -0.15) is 0 Å². The van der Waals surface area contributed by atoms with Gasteiger partial charge in [0.05, 0.1) is 17.7 Å². The fraction of sp³-hybridized carbons (Fsp3) is 0.143. The Kier molecular flexibility index (Phi) is 4.59. The molecule has 5 nitrogen and oxygen atoms in total. The zero-order chi connectivity index (χ0) is 15.4. The van der Waals surface area contributed by atoms with Crippen LogP contribution in [0.15, 0.2) is 36.4 Å². The van der Waals surface area contributed by atoms with Crippen molar-refractivity contribution >= 4 is 23.0 Å². The smallest absolute Gasteiger partial charge is 0.271 e. The molecule has 0 bridgehead atoms. The molecule has 0 aromatic heterocycles. The van der Waals surface area contributed by atoms with E-state index in [-0.39, 0.29) is 17.3 Å². The summed E-state index contributed by atoms with van der Waals surface area (Å²) >= 11 is 5.93. The molecule has 0 heterocycles. The van der Waals surface area contributed by atoms with E-state index in [2.05, 4.69) is 5.32 Å². The average molecular weight is 311 g/mol. The van der Waals surface area contributed by atoms with Crippen molar-refractivity contribution in [3.8, 4) is 5.75 Å². The zero-order valence-corrected chi connectivity index (χ0v) is 11.9. The summed E-state index contributed by atoms with van der Waals surface area (Å²) in [5.41, 5.74) is 1.09. The SMILES string of the molecule is COc1ccc([N+](=O)[O-])cc1NCc1ccc(F)cc1Cl. The molecule has 21 heavy (non-hydrogen) atoms. The minimum Gasteiger partial charge on any atom is -0.495 e. The number of nitro benzene ring substituents is 1. The molecule has 7 heteroatoms. The van der Waals surface area contributed by atoms with Gasteiger partial charge in [-0.05, 0) is 23.8 Å². The lowest BCUT2D eigenvalue weighted by Crippen LogP contribution is -2.03.